The quantitative estimate of drug-likeness (QED) is 0.579. The number of hydrogen-bond donors (Lipinski definition) is 1. The Hall–Kier alpha value is -2.79. The number of piperidine rings is 1. The van der Waals surface area contributed by atoms with Crippen molar-refractivity contribution in [1.82, 2.24) is 14.9 Å². The van der Waals surface area contributed by atoms with Crippen molar-refractivity contribution < 1.29 is 22.9 Å². The fourth-order valence-electron chi connectivity index (χ4n) is 5.93. The van der Waals surface area contributed by atoms with Crippen molar-refractivity contribution in [1.29, 1.82) is 0 Å². The second kappa shape index (κ2) is 11.8. The van der Waals surface area contributed by atoms with E-state index in [0.717, 1.165) is 87.0 Å². The first-order chi connectivity index (χ1) is 19.1. The van der Waals surface area contributed by atoms with Gasteiger partial charge in [0.2, 0.25) is 5.95 Å². The molecular formula is C28H36FN5O4S. The third-order valence-corrected chi connectivity index (χ3v) is 9.67. The van der Waals surface area contributed by atoms with Gasteiger partial charge in [0.25, 0.3) is 5.91 Å². The van der Waals surface area contributed by atoms with E-state index in [1.807, 2.05) is 6.07 Å². The van der Waals surface area contributed by atoms with Crippen molar-refractivity contribution in [2.45, 2.75) is 62.0 Å². The summed E-state index contributed by atoms with van der Waals surface area (Å²) in [5, 5.41) is 3.56. The lowest BCUT2D eigenvalue weighted by Crippen LogP contribution is -2.39. The van der Waals surface area contributed by atoms with Crippen molar-refractivity contribution in [3.8, 4) is 5.75 Å². The summed E-state index contributed by atoms with van der Waals surface area (Å²) >= 11 is 0. The molecule has 11 heteroatoms. The summed E-state index contributed by atoms with van der Waals surface area (Å²) in [5.41, 5.74) is 3.28. The van der Waals surface area contributed by atoms with Crippen LogP contribution in [0.1, 0.15) is 42.5 Å². The molecule has 4 aliphatic heterocycles. The van der Waals surface area contributed by atoms with Crippen LogP contribution >= 0.6 is 0 Å². The Morgan fingerprint density at radius 2 is 1.82 bits per heavy atom. The third-order valence-electron chi connectivity index (χ3n) is 8.21. The molecule has 0 aliphatic carbocycles. The molecule has 0 saturated carbocycles. The van der Waals surface area contributed by atoms with Crippen LogP contribution < -0.4 is 15.0 Å². The molecule has 1 amide bonds. The van der Waals surface area contributed by atoms with Crippen LogP contribution in [-0.2, 0) is 39.6 Å². The van der Waals surface area contributed by atoms with E-state index in [2.05, 4.69) is 22.3 Å². The molecule has 1 aromatic heterocycles. The van der Waals surface area contributed by atoms with E-state index in [-0.39, 0.29) is 12.1 Å². The van der Waals surface area contributed by atoms with Crippen LogP contribution in [0.25, 0.3) is 0 Å². The third kappa shape index (κ3) is 5.89. The predicted molar refractivity (Wildman–Crippen MR) is 147 cm³/mol. The van der Waals surface area contributed by atoms with Gasteiger partial charge in [-0.05, 0) is 48.9 Å². The highest BCUT2D eigenvalue weighted by Crippen LogP contribution is 2.32. The van der Waals surface area contributed by atoms with Crippen molar-refractivity contribution in [3.05, 3.63) is 35.0 Å². The minimum Gasteiger partial charge on any atom is -0.490 e. The molecule has 1 atom stereocenters. The number of hydrogen-bond acceptors (Lipinski definition) is 8. The fraction of sp³-hybridized carbons (Fsp3) is 0.607. The van der Waals surface area contributed by atoms with Gasteiger partial charge in [-0.1, -0.05) is 6.07 Å². The molecule has 2 saturated heterocycles. The predicted octanol–water partition coefficient (Wildman–Crippen LogP) is 2.68. The molecule has 210 valence electrons. The fourth-order valence-corrected chi connectivity index (χ4v) is 7.25. The number of anilines is 2. The largest absolute Gasteiger partial charge is 0.490 e. The number of ether oxygens (including phenoxy) is 2. The number of nitrogens with zero attached hydrogens (tertiary/aromatic N) is 4. The first-order valence-corrected chi connectivity index (χ1v) is 15.4. The molecule has 1 N–H and O–H groups in total. The lowest BCUT2D eigenvalue weighted by molar-refractivity contribution is -0.132. The molecule has 4 aliphatic rings. The van der Waals surface area contributed by atoms with Gasteiger partial charge in [0, 0.05) is 70.4 Å². The number of fused-ring (bicyclic) bond motifs is 2. The van der Waals surface area contributed by atoms with Crippen molar-refractivity contribution in [3.63, 3.8) is 0 Å². The maximum Gasteiger partial charge on any atom is 0.253 e. The van der Waals surface area contributed by atoms with Gasteiger partial charge in [-0.25, -0.2) is 9.37 Å². The molecule has 2 aromatic rings. The number of carbonyl (C=O) groups excluding carboxylic acids is 1. The SMILES string of the molecule is O=C(CF)N1CCc2ccc(OC3CCN(c4nc5c(c(NC6CCOCC6)n4)S(=O)CC5)CC3)cc2CC1. The molecule has 5 heterocycles. The second-order valence-corrected chi connectivity index (χ2v) is 12.2. The van der Waals surface area contributed by atoms with Gasteiger partial charge in [0.15, 0.2) is 6.67 Å². The number of rotatable bonds is 6. The molecule has 0 radical (unpaired) electrons. The Balaban J connectivity index is 1.09. The molecule has 39 heavy (non-hydrogen) atoms. The van der Waals surface area contributed by atoms with Crippen molar-refractivity contribution in [2.24, 2.45) is 0 Å². The first kappa shape index (κ1) is 26.4. The summed E-state index contributed by atoms with van der Waals surface area (Å²) in [5.74, 6) is 2.46. The highest BCUT2D eigenvalue weighted by molar-refractivity contribution is 7.85. The highest BCUT2D eigenvalue weighted by Gasteiger charge is 2.30. The van der Waals surface area contributed by atoms with E-state index in [4.69, 9.17) is 19.4 Å². The maximum atomic E-state index is 12.8. The van der Waals surface area contributed by atoms with Crippen LogP contribution in [0.15, 0.2) is 23.1 Å². The standard InChI is InChI=1S/C28H36FN5O4S/c29-18-25(35)33-10-3-19-1-2-23(17-20(19)4-11-33)38-22-5-12-34(13-6-22)28-31-24-9-16-39(36)26(24)27(32-28)30-21-7-14-37-15-8-21/h1-2,17,21-22H,3-16,18H2,(H,30,31,32). The Kier molecular flexibility index (Phi) is 7.97. The minimum absolute atomic E-state index is 0.0939. The minimum atomic E-state index is -1.06. The number of amides is 1. The Labute approximate surface area is 230 Å². The zero-order valence-electron chi connectivity index (χ0n) is 22.2. The number of halogens is 1. The highest BCUT2D eigenvalue weighted by atomic mass is 32.2. The zero-order valence-corrected chi connectivity index (χ0v) is 23.0. The average Bonchev–Trinajstić information content (AvgIpc) is 3.21. The molecule has 9 nitrogen and oxygen atoms in total. The molecule has 1 aromatic carbocycles. The van der Waals surface area contributed by atoms with Crippen LogP contribution in [0.5, 0.6) is 5.75 Å². The monoisotopic (exact) mass is 557 g/mol. The van der Waals surface area contributed by atoms with Crippen LogP contribution in [-0.4, -0.2) is 88.9 Å². The Bertz CT molecular complexity index is 1230. The van der Waals surface area contributed by atoms with E-state index in [9.17, 15) is 13.4 Å². The van der Waals surface area contributed by atoms with Crippen LogP contribution in [0, 0.1) is 0 Å². The number of carbonyl (C=O) groups is 1. The van der Waals surface area contributed by atoms with E-state index in [1.54, 1.807) is 4.90 Å². The second-order valence-electron chi connectivity index (χ2n) is 10.7. The molecule has 0 bridgehead atoms. The summed E-state index contributed by atoms with van der Waals surface area (Å²) in [7, 11) is -1.06. The lowest BCUT2D eigenvalue weighted by Gasteiger charge is -2.33. The van der Waals surface area contributed by atoms with E-state index in [1.165, 1.54) is 11.1 Å². The van der Waals surface area contributed by atoms with Crippen LogP contribution in [0.2, 0.25) is 0 Å². The van der Waals surface area contributed by atoms with Gasteiger partial charge in [0.1, 0.15) is 22.6 Å². The van der Waals surface area contributed by atoms with Crippen molar-refractivity contribution >= 4 is 28.5 Å². The van der Waals surface area contributed by atoms with E-state index < -0.39 is 23.4 Å². The van der Waals surface area contributed by atoms with Crippen LogP contribution in [0.4, 0.5) is 16.2 Å². The zero-order chi connectivity index (χ0) is 26.8. The number of benzene rings is 1. The topological polar surface area (TPSA) is 96.9 Å². The molecule has 0 spiro atoms. The average molecular weight is 558 g/mol. The summed E-state index contributed by atoms with van der Waals surface area (Å²) in [4.78, 5) is 26.1. The number of alkyl halides is 1. The van der Waals surface area contributed by atoms with E-state index >= 15 is 0 Å². The first-order valence-electron chi connectivity index (χ1n) is 14.1. The van der Waals surface area contributed by atoms with Gasteiger partial charge in [0.05, 0.1) is 16.5 Å². The molecule has 2 fully saturated rings. The van der Waals surface area contributed by atoms with Gasteiger partial charge >= 0.3 is 0 Å². The van der Waals surface area contributed by atoms with Crippen LogP contribution in [0.3, 0.4) is 0 Å². The number of aromatic nitrogens is 2. The van der Waals surface area contributed by atoms with Gasteiger partial charge < -0.3 is 24.6 Å². The van der Waals surface area contributed by atoms with E-state index in [0.29, 0.717) is 31.2 Å². The maximum absolute atomic E-state index is 12.8. The summed E-state index contributed by atoms with van der Waals surface area (Å²) in [6.45, 7) is 3.20. The smallest absolute Gasteiger partial charge is 0.253 e. The molecule has 6 rings (SSSR count). The Morgan fingerprint density at radius 1 is 1.05 bits per heavy atom. The van der Waals surface area contributed by atoms with Crippen molar-refractivity contribution in [2.75, 3.05) is 62.0 Å². The lowest BCUT2D eigenvalue weighted by atomic mass is 10.0. The number of aryl methyl sites for hydroxylation is 1. The molecular weight excluding hydrogens is 521 g/mol. The Morgan fingerprint density at radius 3 is 2.59 bits per heavy atom. The van der Waals surface area contributed by atoms with Gasteiger partial charge in [-0.15, -0.1) is 0 Å². The van der Waals surface area contributed by atoms with Gasteiger partial charge in [-0.2, -0.15) is 4.98 Å². The van der Waals surface area contributed by atoms with Gasteiger partial charge in [-0.3, -0.25) is 9.00 Å². The summed E-state index contributed by atoms with van der Waals surface area (Å²) in [6.07, 6.45) is 5.80. The molecule has 1 unspecified atom stereocenters. The number of nitrogens with one attached hydrogen (secondary N) is 1. The summed E-state index contributed by atoms with van der Waals surface area (Å²) in [6, 6.07) is 6.45. The summed E-state index contributed by atoms with van der Waals surface area (Å²) < 4.78 is 37.4. The normalized spacial score (nSPS) is 22.2.